The number of benzene rings is 1. The maximum Gasteiger partial charge on any atom is 0.245 e. The van der Waals surface area contributed by atoms with Gasteiger partial charge in [-0.25, -0.2) is 0 Å². The monoisotopic (exact) mass is 1320 g/mol. The highest BCUT2D eigenvalue weighted by Gasteiger charge is 2.40. The number of nitrogens with two attached hydrogens (primary N) is 4. The number of phenolic OH excluding ortho intramolecular Hbond substituents is 1. The summed E-state index contributed by atoms with van der Waals surface area (Å²) in [4.78, 5) is 186. The molecule has 32 nitrogen and oxygen atoms in total. The maximum absolute atomic E-state index is 14.1. The van der Waals surface area contributed by atoms with Gasteiger partial charge < -0.3 is 96.5 Å². The molecule has 0 unspecified atom stereocenters. The van der Waals surface area contributed by atoms with Crippen LogP contribution in [0, 0.1) is 0 Å². The van der Waals surface area contributed by atoms with Crippen molar-refractivity contribution in [1.29, 1.82) is 0 Å². The highest BCUT2D eigenvalue weighted by molar-refractivity contribution is 7.80. The maximum atomic E-state index is 14.1. The summed E-state index contributed by atoms with van der Waals surface area (Å²) in [6, 6.07) is -9.75. The second-order valence-electron chi connectivity index (χ2n) is 20.4. The third-order valence-electron chi connectivity index (χ3n) is 13.4. The smallest absolute Gasteiger partial charge is 0.245 e. The topological polar surface area (TPSA) is 519 Å². The van der Waals surface area contributed by atoms with Crippen LogP contribution in [0.3, 0.4) is 0 Å². The summed E-state index contributed by atoms with van der Waals surface area (Å²) in [6.07, 6.45) is 0.898. The van der Waals surface area contributed by atoms with Crippen molar-refractivity contribution in [2.75, 3.05) is 55.8 Å². The van der Waals surface area contributed by atoms with Crippen LogP contribution >= 0.6 is 50.5 Å². The number of hydrogen-bond acceptors (Lipinski definition) is 22. The number of carbonyl (C=O) groups is 14. The SMILES string of the molecule is CC(=O)N[C@@H](CS)C(=O)N[C@@H](CS)C(=O)N[C@@H](CCCCN)C(=O)N1CCC[C@H]1C(=O)N[C@@H](C)C(=O)N[C@@H](CS)C(=O)NCC(=O)N[C@@H](CCCCN)C(=O)N[C@@H](CC(N)=O)C(=O)N[C@@H](Cc1ccc(O)cc1)C(=O)N[C@@H](CO)C(=O)N[C@@H](CS)C(N)=O. The number of thiol groups is 4. The van der Waals surface area contributed by atoms with Crippen molar-refractivity contribution in [1.82, 2.24) is 63.4 Å². The zero-order valence-corrected chi connectivity index (χ0v) is 52.3. The van der Waals surface area contributed by atoms with Crippen LogP contribution in [0.15, 0.2) is 24.3 Å². The van der Waals surface area contributed by atoms with Crippen LogP contribution in [0.4, 0.5) is 0 Å². The van der Waals surface area contributed by atoms with Gasteiger partial charge in [0.05, 0.1) is 19.6 Å². The molecule has 1 aliphatic heterocycles. The van der Waals surface area contributed by atoms with Crippen molar-refractivity contribution in [3.8, 4) is 5.75 Å². The van der Waals surface area contributed by atoms with Gasteiger partial charge in [-0.2, -0.15) is 50.5 Å². The van der Waals surface area contributed by atoms with Gasteiger partial charge in [-0.15, -0.1) is 0 Å². The first kappa shape index (κ1) is 77.0. The third-order valence-corrected chi connectivity index (χ3v) is 14.8. The number of nitrogens with one attached hydrogen (secondary N) is 11. The molecule has 0 aromatic heterocycles. The van der Waals surface area contributed by atoms with Crippen molar-refractivity contribution in [2.45, 2.75) is 145 Å². The fourth-order valence-corrected chi connectivity index (χ4v) is 9.62. The average molecular weight is 1320 g/mol. The standard InChI is InChI=1S/C52H84N16O16S4/c1-26(58-51(83)39-10-7-17-68(39)52(84)31(9-4-6-16-54)61-50(82)38(25-88)67-49(81)37(24-87)59-27(2)70)43(75)66-36(23-86)44(76)57-20-41(73)60-30(8-3-5-15-53)45(77)63-33(19-40(55)72)47(79)62-32(18-28-11-13-29(71)14-12-28)46(78)64-34(21-69)48(80)65-35(22-85)42(56)74/h11-14,26,30-39,69,71,85-88H,3-10,15-25,53-54H2,1-2H3,(H2,55,72)(H2,56,74)(H,57,76)(H,58,83)(H,59,70)(H,60,73)(H,61,82)(H,62,79)(H,63,77)(H,64,78)(H,65,80)(H,66,75)(H,67,81)/t26-,30-,31-,32-,33-,34-,35-,36-,37-,38-,39-/m0/s1. The molecule has 88 heavy (non-hydrogen) atoms. The van der Waals surface area contributed by atoms with Crippen LogP contribution < -0.4 is 81.4 Å². The highest BCUT2D eigenvalue weighted by atomic mass is 32.1. The Morgan fingerprint density at radius 1 is 0.557 bits per heavy atom. The molecule has 0 bridgehead atoms. The average Bonchev–Trinajstić information content (AvgIpc) is 3.45. The number of rotatable bonds is 40. The first-order chi connectivity index (χ1) is 41.7. The minimum atomic E-state index is -1.80. The van der Waals surface area contributed by atoms with Gasteiger partial charge >= 0.3 is 0 Å². The molecular formula is C52H84N16O16S4. The van der Waals surface area contributed by atoms with E-state index in [1.54, 1.807) is 0 Å². The lowest BCUT2D eigenvalue weighted by molar-refractivity contribution is -0.142. The number of hydrogen-bond donors (Lipinski definition) is 21. The molecule has 1 aromatic carbocycles. The lowest BCUT2D eigenvalue weighted by Gasteiger charge is -2.30. The van der Waals surface area contributed by atoms with Gasteiger partial charge in [-0.05, 0) is 89.1 Å². The third kappa shape index (κ3) is 26.7. The number of unbranched alkanes of at least 4 members (excludes halogenated alkanes) is 2. The van der Waals surface area contributed by atoms with Crippen molar-refractivity contribution < 1.29 is 77.3 Å². The lowest BCUT2D eigenvalue weighted by atomic mass is 10.0. The molecule has 1 saturated heterocycles. The van der Waals surface area contributed by atoms with Crippen molar-refractivity contribution in [3.05, 3.63) is 29.8 Å². The molecule has 0 spiro atoms. The summed E-state index contributed by atoms with van der Waals surface area (Å²) in [5.41, 5.74) is 22.4. The number of primary amides is 2. The van der Waals surface area contributed by atoms with E-state index in [0.717, 1.165) is 0 Å². The van der Waals surface area contributed by atoms with Gasteiger partial charge in [0.25, 0.3) is 0 Å². The first-order valence-corrected chi connectivity index (χ1v) is 30.6. The molecule has 36 heteroatoms. The first-order valence-electron chi connectivity index (χ1n) is 28.1. The Balaban J connectivity index is 2.19. The van der Waals surface area contributed by atoms with Crippen LogP contribution in [-0.4, -0.2) is 220 Å². The predicted molar refractivity (Wildman–Crippen MR) is 332 cm³/mol. The molecule has 11 atom stereocenters. The summed E-state index contributed by atoms with van der Waals surface area (Å²) in [5.74, 6) is -13.4. The number of carbonyl (C=O) groups excluding carboxylic acids is 14. The van der Waals surface area contributed by atoms with Crippen LogP contribution in [0.1, 0.15) is 77.2 Å². The fourth-order valence-electron chi connectivity index (χ4n) is 8.57. The summed E-state index contributed by atoms with van der Waals surface area (Å²) < 4.78 is 0. The van der Waals surface area contributed by atoms with Crippen LogP contribution in [-0.2, 0) is 73.5 Å². The summed E-state index contributed by atoms with van der Waals surface area (Å²) in [7, 11) is 0. The molecule has 1 heterocycles. The molecule has 0 radical (unpaired) electrons. The number of amides is 14. The number of nitrogens with zero attached hydrogens (tertiary/aromatic N) is 1. The molecule has 1 aliphatic rings. The van der Waals surface area contributed by atoms with Crippen molar-refractivity contribution in [3.63, 3.8) is 0 Å². The van der Waals surface area contributed by atoms with Crippen LogP contribution in [0.25, 0.3) is 0 Å². The Morgan fingerprint density at radius 3 is 1.55 bits per heavy atom. The van der Waals surface area contributed by atoms with Crippen molar-refractivity contribution >= 4 is 133 Å². The molecule has 2 rings (SSSR count). The number of phenols is 1. The zero-order chi connectivity index (χ0) is 66.2. The van der Waals surface area contributed by atoms with E-state index in [1.165, 1.54) is 43.0 Å². The molecule has 21 N–H and O–H groups in total. The van der Waals surface area contributed by atoms with Gasteiger partial charge in [-0.3, -0.25) is 67.1 Å². The quantitative estimate of drug-likeness (QED) is 0.0214. The second kappa shape index (κ2) is 40.4. The molecule has 0 saturated carbocycles. The molecule has 0 aliphatic carbocycles. The highest BCUT2D eigenvalue weighted by Crippen LogP contribution is 2.21. The fraction of sp³-hybridized carbons (Fsp3) is 0.615. The van der Waals surface area contributed by atoms with Gasteiger partial charge in [0.1, 0.15) is 72.2 Å². The zero-order valence-electron chi connectivity index (χ0n) is 48.8. The number of aliphatic hydroxyl groups is 1. The van der Waals surface area contributed by atoms with E-state index in [4.69, 9.17) is 22.9 Å². The van der Waals surface area contributed by atoms with Gasteiger partial charge in [0, 0.05) is 42.9 Å². The molecule has 14 amide bonds. The van der Waals surface area contributed by atoms with Crippen LogP contribution in [0.2, 0.25) is 0 Å². The molecule has 492 valence electrons. The van der Waals surface area contributed by atoms with E-state index in [9.17, 15) is 77.3 Å². The number of aliphatic hydroxyl groups excluding tert-OH is 1. The Morgan fingerprint density at radius 2 is 1.01 bits per heavy atom. The summed E-state index contributed by atoms with van der Waals surface area (Å²) in [6.45, 7) is 1.32. The Bertz CT molecular complexity index is 2600. The van der Waals surface area contributed by atoms with E-state index in [0.29, 0.717) is 31.2 Å². The molecule has 1 aromatic rings. The van der Waals surface area contributed by atoms with Gasteiger partial charge in [0.15, 0.2) is 0 Å². The predicted octanol–water partition coefficient (Wildman–Crippen LogP) is -7.74. The Labute approximate surface area is 530 Å². The van der Waals surface area contributed by atoms with Crippen LogP contribution in [0.5, 0.6) is 5.75 Å². The van der Waals surface area contributed by atoms with E-state index < -0.39 is 169 Å². The normalized spacial score (nSPS) is 16.1. The number of aromatic hydroxyl groups is 1. The van der Waals surface area contributed by atoms with Gasteiger partial charge in [0.2, 0.25) is 82.7 Å². The minimum Gasteiger partial charge on any atom is -0.508 e. The lowest BCUT2D eigenvalue weighted by Crippen LogP contribution is -2.60. The second-order valence-corrected chi connectivity index (χ2v) is 21.8. The Hall–Kier alpha value is -7.12. The summed E-state index contributed by atoms with van der Waals surface area (Å²) in [5, 5.41) is 46.4. The Kier molecular flexibility index (Phi) is 35.4. The van der Waals surface area contributed by atoms with Crippen molar-refractivity contribution in [2.24, 2.45) is 22.9 Å². The molecular weight excluding hydrogens is 1230 g/mol. The minimum absolute atomic E-state index is 0.0783. The van der Waals surface area contributed by atoms with Gasteiger partial charge in [-0.1, -0.05) is 12.1 Å². The van der Waals surface area contributed by atoms with E-state index >= 15 is 0 Å². The summed E-state index contributed by atoms with van der Waals surface area (Å²) >= 11 is 16.4. The van der Waals surface area contributed by atoms with E-state index in [1.807, 2.05) is 0 Å². The van der Waals surface area contributed by atoms with E-state index in [-0.39, 0.29) is 80.5 Å². The largest absolute Gasteiger partial charge is 0.508 e. The molecule has 1 fully saturated rings. The number of likely N-dealkylation sites (tertiary alicyclic amines) is 1. The van der Waals surface area contributed by atoms with E-state index in [2.05, 4.69) is 109 Å².